The molecule has 0 atom stereocenters. The number of carbonyl (C=O) groups excluding carboxylic acids is 3. The van der Waals surface area contributed by atoms with Gasteiger partial charge in [-0.3, -0.25) is 29.9 Å². The van der Waals surface area contributed by atoms with E-state index in [0.29, 0.717) is 11.3 Å². The van der Waals surface area contributed by atoms with Crippen LogP contribution in [-0.2, 0) is 16.2 Å². The predicted octanol–water partition coefficient (Wildman–Crippen LogP) is 4.57. The molecule has 0 bridgehead atoms. The molecule has 0 unspecified atom stereocenters. The number of nitrogens with one attached hydrogen (secondary N) is 1. The number of imide groups is 2. The Balaban J connectivity index is 1.48. The fourth-order valence-electron chi connectivity index (χ4n) is 4.11. The van der Waals surface area contributed by atoms with Crippen molar-refractivity contribution in [3.8, 4) is 5.75 Å². The maximum atomic E-state index is 13.0. The van der Waals surface area contributed by atoms with Crippen molar-refractivity contribution in [2.24, 2.45) is 0 Å². The highest BCUT2D eigenvalue weighted by atomic mass is 127. The van der Waals surface area contributed by atoms with Crippen LogP contribution < -0.4 is 10.1 Å². The zero-order valence-electron chi connectivity index (χ0n) is 18.2. The van der Waals surface area contributed by atoms with Crippen LogP contribution in [0.1, 0.15) is 43.2 Å². The number of non-ortho nitro benzene ring substituents is 1. The number of benzene rings is 2. The number of urea groups is 1. The molecule has 0 aromatic heterocycles. The number of halogens is 1. The second-order valence-corrected chi connectivity index (χ2v) is 9.35. The molecule has 176 valence electrons. The molecule has 1 saturated carbocycles. The summed E-state index contributed by atoms with van der Waals surface area (Å²) in [5.74, 6) is -0.663. The third-order valence-electron chi connectivity index (χ3n) is 5.88. The Morgan fingerprint density at radius 1 is 1.09 bits per heavy atom. The summed E-state index contributed by atoms with van der Waals surface area (Å²) in [5.41, 5.74) is 1.36. The Morgan fingerprint density at radius 2 is 1.79 bits per heavy atom. The predicted molar refractivity (Wildman–Crippen MR) is 132 cm³/mol. The van der Waals surface area contributed by atoms with E-state index in [-0.39, 0.29) is 23.9 Å². The van der Waals surface area contributed by atoms with Crippen LogP contribution in [0.25, 0.3) is 6.08 Å². The minimum absolute atomic E-state index is 0.0146. The molecule has 0 spiro atoms. The Morgan fingerprint density at radius 3 is 2.44 bits per heavy atom. The first-order valence-corrected chi connectivity index (χ1v) is 12.0. The summed E-state index contributed by atoms with van der Waals surface area (Å²) < 4.78 is 6.59. The topological polar surface area (TPSA) is 119 Å². The molecule has 1 saturated heterocycles. The van der Waals surface area contributed by atoms with Gasteiger partial charge in [0.1, 0.15) is 17.9 Å². The van der Waals surface area contributed by atoms with Crippen LogP contribution in [0.15, 0.2) is 48.0 Å². The van der Waals surface area contributed by atoms with Gasteiger partial charge in [-0.05, 0) is 76.9 Å². The third-order valence-corrected chi connectivity index (χ3v) is 6.72. The summed E-state index contributed by atoms with van der Waals surface area (Å²) >= 11 is 2.10. The molecule has 1 aliphatic heterocycles. The van der Waals surface area contributed by atoms with Gasteiger partial charge in [-0.25, -0.2) is 4.79 Å². The van der Waals surface area contributed by atoms with Crippen molar-refractivity contribution >= 4 is 52.2 Å². The fourth-order valence-corrected chi connectivity index (χ4v) is 4.80. The van der Waals surface area contributed by atoms with Gasteiger partial charge >= 0.3 is 6.03 Å². The van der Waals surface area contributed by atoms with E-state index in [9.17, 15) is 24.5 Å². The number of carbonyl (C=O) groups is 3. The van der Waals surface area contributed by atoms with Gasteiger partial charge in [0.2, 0.25) is 0 Å². The molecule has 4 rings (SSSR count). The molecule has 1 N–H and O–H groups in total. The van der Waals surface area contributed by atoms with Crippen LogP contribution in [0.4, 0.5) is 10.5 Å². The van der Waals surface area contributed by atoms with Crippen molar-refractivity contribution in [1.29, 1.82) is 0 Å². The summed E-state index contributed by atoms with van der Waals surface area (Å²) in [5, 5.41) is 13.1. The van der Waals surface area contributed by atoms with Gasteiger partial charge in [0.05, 0.1) is 8.49 Å². The molecule has 2 aromatic carbocycles. The number of nitro groups is 1. The van der Waals surface area contributed by atoms with E-state index in [1.165, 1.54) is 23.1 Å². The quantitative estimate of drug-likeness (QED) is 0.177. The van der Waals surface area contributed by atoms with Gasteiger partial charge in [0.15, 0.2) is 0 Å². The largest absolute Gasteiger partial charge is 0.488 e. The summed E-state index contributed by atoms with van der Waals surface area (Å²) in [6.45, 7) is 0.230. The number of barbiturate groups is 1. The van der Waals surface area contributed by atoms with Crippen molar-refractivity contribution in [2.75, 3.05) is 0 Å². The molecular formula is C24H22IN3O6. The number of ether oxygens (including phenoxy) is 1. The van der Waals surface area contributed by atoms with E-state index < -0.39 is 22.8 Å². The highest BCUT2D eigenvalue weighted by Gasteiger charge is 2.40. The van der Waals surface area contributed by atoms with Crippen molar-refractivity contribution < 1.29 is 24.0 Å². The highest BCUT2D eigenvalue weighted by molar-refractivity contribution is 14.1. The minimum Gasteiger partial charge on any atom is -0.488 e. The molecule has 0 radical (unpaired) electrons. The lowest BCUT2D eigenvalue weighted by molar-refractivity contribution is -0.384. The first-order chi connectivity index (χ1) is 16.3. The number of hydrogen-bond donors (Lipinski definition) is 1. The first-order valence-electron chi connectivity index (χ1n) is 10.9. The molecule has 34 heavy (non-hydrogen) atoms. The van der Waals surface area contributed by atoms with Gasteiger partial charge < -0.3 is 4.74 Å². The van der Waals surface area contributed by atoms with Gasteiger partial charge in [0.25, 0.3) is 17.5 Å². The number of nitro benzene ring substituents is 1. The Bertz CT molecular complexity index is 1170. The molecule has 4 amide bonds. The zero-order valence-corrected chi connectivity index (χ0v) is 20.3. The Hall–Kier alpha value is -3.28. The van der Waals surface area contributed by atoms with E-state index >= 15 is 0 Å². The van der Waals surface area contributed by atoms with E-state index in [2.05, 4.69) is 27.9 Å². The van der Waals surface area contributed by atoms with Crippen LogP contribution in [-0.4, -0.2) is 33.7 Å². The van der Waals surface area contributed by atoms with Crippen LogP contribution in [0.5, 0.6) is 5.75 Å². The van der Waals surface area contributed by atoms with Crippen molar-refractivity contribution in [3.63, 3.8) is 0 Å². The summed E-state index contributed by atoms with van der Waals surface area (Å²) in [6, 6.07) is 10.5. The average Bonchev–Trinajstić information content (AvgIpc) is 2.82. The van der Waals surface area contributed by atoms with Crippen molar-refractivity contribution in [3.05, 3.63) is 72.8 Å². The van der Waals surface area contributed by atoms with Crippen LogP contribution in [0.2, 0.25) is 0 Å². The fraction of sp³-hybridized carbons (Fsp3) is 0.292. The van der Waals surface area contributed by atoms with Crippen molar-refractivity contribution in [2.45, 2.75) is 44.8 Å². The van der Waals surface area contributed by atoms with Gasteiger partial charge in [0, 0.05) is 18.2 Å². The molecule has 2 aliphatic rings. The van der Waals surface area contributed by atoms with Crippen molar-refractivity contribution in [1.82, 2.24) is 10.2 Å². The van der Waals surface area contributed by atoms with Gasteiger partial charge in [-0.15, -0.1) is 0 Å². The third kappa shape index (κ3) is 5.27. The Labute approximate surface area is 209 Å². The summed E-state index contributed by atoms with van der Waals surface area (Å²) in [6.07, 6.45) is 5.97. The Kier molecular flexibility index (Phi) is 7.25. The van der Waals surface area contributed by atoms with Crippen LogP contribution in [0.3, 0.4) is 0 Å². The maximum Gasteiger partial charge on any atom is 0.331 e. The van der Waals surface area contributed by atoms with Crippen LogP contribution >= 0.6 is 22.6 Å². The lowest BCUT2D eigenvalue weighted by Gasteiger charge is -2.35. The number of amides is 4. The summed E-state index contributed by atoms with van der Waals surface area (Å²) in [4.78, 5) is 49.3. The minimum atomic E-state index is -0.699. The smallest absolute Gasteiger partial charge is 0.331 e. The number of hydrogen-bond acceptors (Lipinski definition) is 6. The van der Waals surface area contributed by atoms with Gasteiger partial charge in [-0.2, -0.15) is 0 Å². The number of nitrogens with zero attached hydrogens (tertiary/aromatic N) is 2. The molecule has 10 heteroatoms. The standard InChI is InChI=1S/C24H22IN3O6/c25-20-13-16(8-11-21(20)34-14-15-6-9-18(10-7-15)28(32)33)12-19-22(29)26-24(31)27(23(19)30)17-4-2-1-3-5-17/h6-13,17H,1-5,14H2,(H,26,29,31). The first kappa shape index (κ1) is 23.9. The van der Waals surface area contributed by atoms with Crippen LogP contribution in [0, 0.1) is 13.7 Å². The SMILES string of the molecule is O=C1NC(=O)N(C2CCCCC2)C(=O)C1=Cc1ccc(OCc2ccc([N+](=O)[O-])cc2)c(I)c1. The maximum absolute atomic E-state index is 13.0. The monoisotopic (exact) mass is 575 g/mol. The van der Waals surface area contributed by atoms with E-state index in [0.717, 1.165) is 41.2 Å². The van der Waals surface area contributed by atoms with E-state index in [1.807, 2.05) is 0 Å². The van der Waals surface area contributed by atoms with E-state index in [1.54, 1.807) is 30.3 Å². The average molecular weight is 575 g/mol. The second kappa shape index (κ2) is 10.3. The molecular weight excluding hydrogens is 553 g/mol. The summed E-state index contributed by atoms with van der Waals surface area (Å²) in [7, 11) is 0. The lowest BCUT2D eigenvalue weighted by Crippen LogP contribution is -2.58. The zero-order chi connectivity index (χ0) is 24.2. The normalized spacial score (nSPS) is 18.2. The molecule has 1 aliphatic carbocycles. The highest BCUT2D eigenvalue weighted by Crippen LogP contribution is 2.28. The molecule has 9 nitrogen and oxygen atoms in total. The molecule has 2 aromatic rings. The molecule has 1 heterocycles. The lowest BCUT2D eigenvalue weighted by atomic mass is 9.93. The molecule has 2 fully saturated rings. The number of rotatable bonds is 6. The van der Waals surface area contributed by atoms with Gasteiger partial charge in [-0.1, -0.05) is 25.3 Å². The second-order valence-electron chi connectivity index (χ2n) is 8.19. The van der Waals surface area contributed by atoms with E-state index in [4.69, 9.17) is 4.74 Å².